The molecule has 2 aromatic rings. The van der Waals surface area contributed by atoms with Gasteiger partial charge < -0.3 is 15.6 Å². The Balaban J connectivity index is 1.50. The smallest absolute Gasteiger partial charge is 0.191 e. The van der Waals surface area contributed by atoms with Crippen LogP contribution < -0.4 is 5.73 Å². The van der Waals surface area contributed by atoms with E-state index in [1.54, 1.807) is 0 Å². The van der Waals surface area contributed by atoms with Crippen LogP contribution in [-0.2, 0) is 6.42 Å². The minimum Gasteiger partial charge on any atom is -0.370 e. The van der Waals surface area contributed by atoms with Gasteiger partial charge in [0.25, 0.3) is 0 Å². The van der Waals surface area contributed by atoms with E-state index in [0.29, 0.717) is 12.0 Å². The Hall–Kier alpha value is -2.04. The van der Waals surface area contributed by atoms with E-state index < -0.39 is 0 Å². The zero-order valence-electron chi connectivity index (χ0n) is 11.8. The van der Waals surface area contributed by atoms with Crippen molar-refractivity contribution < 1.29 is 0 Å². The normalized spacial score (nSPS) is 15.8. The third kappa shape index (κ3) is 2.92. The number of aromatic nitrogens is 2. The summed E-state index contributed by atoms with van der Waals surface area (Å²) in [6, 6.07) is 8.71. The summed E-state index contributed by atoms with van der Waals surface area (Å²) < 4.78 is 0. The Morgan fingerprint density at radius 1 is 1.45 bits per heavy atom. The molecule has 0 radical (unpaired) electrons. The number of aliphatic imine (C=N–C) groups is 1. The third-order valence-corrected chi connectivity index (χ3v) is 3.74. The maximum absolute atomic E-state index is 5.95. The average Bonchev–Trinajstić information content (AvgIpc) is 3.22. The van der Waals surface area contributed by atoms with Crippen LogP contribution in [0.15, 0.2) is 29.3 Å². The molecule has 0 atom stereocenters. The first-order chi connectivity index (χ1) is 9.74. The fourth-order valence-corrected chi connectivity index (χ4v) is 2.32. The second-order valence-electron chi connectivity index (χ2n) is 5.39. The van der Waals surface area contributed by atoms with Gasteiger partial charge >= 0.3 is 0 Å². The molecule has 3 N–H and O–H groups in total. The minimum atomic E-state index is 0.620. The molecule has 1 fully saturated rings. The number of hydrogen-bond acceptors (Lipinski definition) is 2. The lowest BCUT2D eigenvalue weighted by Crippen LogP contribution is -2.35. The van der Waals surface area contributed by atoms with Crippen LogP contribution in [0.2, 0.25) is 0 Å². The number of aromatic amines is 1. The van der Waals surface area contributed by atoms with Crippen LogP contribution in [0.5, 0.6) is 0 Å². The number of nitrogens with zero attached hydrogens (tertiary/aromatic N) is 3. The van der Waals surface area contributed by atoms with Crippen LogP contribution >= 0.6 is 0 Å². The number of hydrogen-bond donors (Lipinski definition) is 2. The Bertz CT molecular complexity index is 579. The van der Waals surface area contributed by atoms with Gasteiger partial charge in [0, 0.05) is 26.1 Å². The lowest BCUT2D eigenvalue weighted by molar-refractivity contribution is 0.487. The Kier molecular flexibility index (Phi) is 3.58. The van der Waals surface area contributed by atoms with Gasteiger partial charge in [-0.25, -0.2) is 4.98 Å². The molecule has 1 aromatic carbocycles. The number of imidazole rings is 1. The number of benzene rings is 1. The van der Waals surface area contributed by atoms with Crippen LogP contribution in [-0.4, -0.2) is 40.5 Å². The highest BCUT2D eigenvalue weighted by molar-refractivity contribution is 5.78. The van der Waals surface area contributed by atoms with Crippen molar-refractivity contribution in [3.8, 4) is 0 Å². The molecule has 1 aliphatic carbocycles. The molecule has 1 heterocycles. The molecule has 0 amide bonds. The van der Waals surface area contributed by atoms with Gasteiger partial charge in [-0.2, -0.15) is 0 Å². The number of guanidine groups is 1. The Morgan fingerprint density at radius 2 is 2.25 bits per heavy atom. The standard InChI is InChI=1S/C15H21N5/c1-20(11-8-9-11)15(16)17-10-4-7-14-18-12-5-2-3-6-13(12)19-14/h2-3,5-6,11H,4,7-10H2,1H3,(H2,16,17)(H,18,19). The maximum Gasteiger partial charge on any atom is 0.191 e. The summed E-state index contributed by atoms with van der Waals surface area (Å²) in [5, 5.41) is 0. The summed E-state index contributed by atoms with van der Waals surface area (Å²) in [5.74, 6) is 1.69. The molecule has 0 spiro atoms. The molecule has 20 heavy (non-hydrogen) atoms. The van der Waals surface area contributed by atoms with Crippen molar-refractivity contribution in [1.82, 2.24) is 14.9 Å². The summed E-state index contributed by atoms with van der Waals surface area (Å²) >= 11 is 0. The van der Waals surface area contributed by atoms with E-state index in [0.717, 1.165) is 36.2 Å². The van der Waals surface area contributed by atoms with Crippen LogP contribution in [0, 0.1) is 0 Å². The third-order valence-electron chi connectivity index (χ3n) is 3.74. The molecule has 5 heteroatoms. The number of H-pyrrole nitrogens is 1. The van der Waals surface area contributed by atoms with Gasteiger partial charge in [-0.1, -0.05) is 12.1 Å². The summed E-state index contributed by atoms with van der Waals surface area (Å²) in [6.45, 7) is 0.750. The van der Waals surface area contributed by atoms with Crippen molar-refractivity contribution in [3.63, 3.8) is 0 Å². The molecule has 0 aliphatic heterocycles. The number of rotatable bonds is 5. The number of nitrogens with two attached hydrogens (primary N) is 1. The van der Waals surface area contributed by atoms with Gasteiger partial charge in [-0.05, 0) is 31.4 Å². The molecular weight excluding hydrogens is 250 g/mol. The van der Waals surface area contributed by atoms with E-state index in [-0.39, 0.29) is 0 Å². The highest BCUT2D eigenvalue weighted by Crippen LogP contribution is 2.24. The number of fused-ring (bicyclic) bond motifs is 1. The zero-order valence-corrected chi connectivity index (χ0v) is 11.8. The highest BCUT2D eigenvalue weighted by atomic mass is 15.3. The predicted molar refractivity (Wildman–Crippen MR) is 81.7 cm³/mol. The topological polar surface area (TPSA) is 70.3 Å². The number of aryl methyl sites for hydroxylation is 1. The van der Waals surface area contributed by atoms with Crippen molar-refractivity contribution in [2.45, 2.75) is 31.7 Å². The molecule has 1 saturated carbocycles. The fraction of sp³-hybridized carbons (Fsp3) is 0.467. The summed E-state index contributed by atoms with van der Waals surface area (Å²) in [4.78, 5) is 14.4. The average molecular weight is 271 g/mol. The lowest BCUT2D eigenvalue weighted by Gasteiger charge is -2.16. The van der Waals surface area contributed by atoms with Gasteiger partial charge in [0.2, 0.25) is 0 Å². The number of nitrogens with one attached hydrogen (secondary N) is 1. The van der Waals surface area contributed by atoms with E-state index in [4.69, 9.17) is 5.73 Å². The molecular formula is C15H21N5. The van der Waals surface area contributed by atoms with Crippen molar-refractivity contribution in [2.24, 2.45) is 10.7 Å². The van der Waals surface area contributed by atoms with Crippen LogP contribution in [0.1, 0.15) is 25.1 Å². The summed E-state index contributed by atoms with van der Waals surface area (Å²) in [6.07, 6.45) is 4.34. The largest absolute Gasteiger partial charge is 0.370 e. The monoisotopic (exact) mass is 271 g/mol. The quantitative estimate of drug-likeness (QED) is 0.496. The molecule has 5 nitrogen and oxygen atoms in total. The Morgan fingerprint density at radius 3 is 3.00 bits per heavy atom. The zero-order chi connectivity index (χ0) is 13.9. The van der Waals surface area contributed by atoms with E-state index in [2.05, 4.69) is 19.9 Å². The molecule has 0 bridgehead atoms. The molecule has 106 valence electrons. The van der Waals surface area contributed by atoms with Crippen LogP contribution in [0.4, 0.5) is 0 Å². The second kappa shape index (κ2) is 5.53. The van der Waals surface area contributed by atoms with E-state index >= 15 is 0 Å². The maximum atomic E-state index is 5.95. The van der Waals surface area contributed by atoms with Gasteiger partial charge in [-0.15, -0.1) is 0 Å². The van der Waals surface area contributed by atoms with Crippen molar-refractivity contribution in [3.05, 3.63) is 30.1 Å². The number of para-hydroxylation sites is 2. The lowest BCUT2D eigenvalue weighted by atomic mass is 10.3. The van der Waals surface area contributed by atoms with Crippen molar-refractivity contribution in [1.29, 1.82) is 0 Å². The summed E-state index contributed by atoms with van der Waals surface area (Å²) in [7, 11) is 2.02. The second-order valence-corrected chi connectivity index (χ2v) is 5.39. The first-order valence-corrected chi connectivity index (χ1v) is 7.20. The predicted octanol–water partition coefficient (Wildman–Crippen LogP) is 1.90. The van der Waals surface area contributed by atoms with Crippen molar-refractivity contribution in [2.75, 3.05) is 13.6 Å². The first-order valence-electron chi connectivity index (χ1n) is 7.20. The van der Waals surface area contributed by atoms with E-state index in [1.165, 1.54) is 12.8 Å². The fourth-order valence-electron chi connectivity index (χ4n) is 2.32. The molecule has 3 rings (SSSR count). The van der Waals surface area contributed by atoms with E-state index in [1.807, 2.05) is 31.3 Å². The molecule has 0 saturated heterocycles. The molecule has 0 unspecified atom stereocenters. The molecule has 1 aromatic heterocycles. The summed E-state index contributed by atoms with van der Waals surface area (Å²) in [5.41, 5.74) is 8.07. The van der Waals surface area contributed by atoms with Gasteiger partial charge in [0.15, 0.2) is 5.96 Å². The van der Waals surface area contributed by atoms with Gasteiger partial charge in [-0.3, -0.25) is 4.99 Å². The van der Waals surface area contributed by atoms with Gasteiger partial charge in [0.05, 0.1) is 11.0 Å². The highest BCUT2D eigenvalue weighted by Gasteiger charge is 2.27. The van der Waals surface area contributed by atoms with Gasteiger partial charge in [0.1, 0.15) is 5.82 Å². The molecule has 1 aliphatic rings. The SMILES string of the molecule is CN(C(N)=NCCCc1nc2ccccc2[nH]1)C1CC1. The first kappa shape index (κ1) is 13.0. The van der Waals surface area contributed by atoms with E-state index in [9.17, 15) is 0 Å². The minimum absolute atomic E-state index is 0.620. The van der Waals surface area contributed by atoms with Crippen LogP contribution in [0.3, 0.4) is 0 Å². The van der Waals surface area contributed by atoms with Crippen molar-refractivity contribution >= 4 is 17.0 Å². The Labute approximate surface area is 118 Å². The van der Waals surface area contributed by atoms with Crippen LogP contribution in [0.25, 0.3) is 11.0 Å².